The van der Waals surface area contributed by atoms with E-state index in [1.165, 1.54) is 0 Å². The Morgan fingerprint density at radius 2 is 0.917 bits per heavy atom. The Hall–Kier alpha value is -2.92. The number of nitrogens with zero attached hydrogens (tertiary/aromatic N) is 4. The average Bonchev–Trinajstić information content (AvgIpc) is 3.39. The van der Waals surface area contributed by atoms with Gasteiger partial charge in [-0.1, -0.05) is 29.7 Å². The molecule has 36 heavy (non-hydrogen) atoms. The second kappa shape index (κ2) is 15.2. The zero-order valence-corrected chi connectivity index (χ0v) is 20.9. The summed E-state index contributed by atoms with van der Waals surface area (Å²) in [4.78, 5) is 6.63. The first kappa shape index (κ1) is 40.3. The van der Waals surface area contributed by atoms with Gasteiger partial charge in [-0.05, 0) is 55.4 Å². The second-order valence-corrected chi connectivity index (χ2v) is 10.0. The highest BCUT2D eigenvalue weighted by Gasteiger charge is 2.37. The van der Waals surface area contributed by atoms with Crippen molar-refractivity contribution < 1.29 is 20.8 Å². The van der Waals surface area contributed by atoms with Crippen molar-refractivity contribution >= 4 is 23.3 Å². The predicted octanol–water partition coefficient (Wildman–Crippen LogP) is -3.07. The fourth-order valence-electron chi connectivity index (χ4n) is 2.46. The molecule has 0 saturated carbocycles. The molecule has 2 rings (SSSR count). The van der Waals surface area contributed by atoms with Crippen LogP contribution in [-0.2, 0) is 0 Å². The number of hydrogen-bond acceptors (Lipinski definition) is 6. The Kier molecular flexibility index (Phi) is 17.1. The molecular formula is C24H60N12+4. The van der Waals surface area contributed by atoms with Gasteiger partial charge in [0, 0.05) is 0 Å². The molecule has 0 atom stereocenters. The van der Waals surface area contributed by atoms with Gasteiger partial charge in [0.05, 0.1) is 0 Å². The summed E-state index contributed by atoms with van der Waals surface area (Å²) in [5.74, 6) is 2.51. The van der Waals surface area contributed by atoms with Crippen LogP contribution in [0, 0.1) is 0 Å². The third-order valence-corrected chi connectivity index (χ3v) is 5.19. The Labute approximate surface area is 220 Å². The average molecular weight is 517 g/mol. The summed E-state index contributed by atoms with van der Waals surface area (Å²) in [6, 6.07) is 0. The van der Waals surface area contributed by atoms with E-state index in [0.29, 0.717) is 0 Å². The van der Waals surface area contributed by atoms with Gasteiger partial charge in [-0.2, -0.15) is 20.5 Å². The quantitative estimate of drug-likeness (QED) is 0.0960. The van der Waals surface area contributed by atoms with Crippen LogP contribution in [0.4, 0.5) is 0 Å². The molecule has 0 amide bonds. The van der Waals surface area contributed by atoms with E-state index in [2.05, 4.69) is 68.8 Å². The lowest BCUT2D eigenvalue weighted by Gasteiger charge is -2.18. The highest BCUT2D eigenvalue weighted by atomic mass is 15.3. The van der Waals surface area contributed by atoms with Crippen molar-refractivity contribution in [2.24, 2.45) is 31.9 Å². The fraction of sp³-hybridized carbons (Fsp3) is 0.833. The number of nitrogens with one attached hydrogen (secondary N) is 4. The third kappa shape index (κ3) is 11.7. The molecule has 0 unspecified atom stereocenters. The molecule has 0 aromatic heterocycles. The van der Waals surface area contributed by atoms with Gasteiger partial charge in [-0.3, -0.25) is 42.9 Å². The molecule has 0 aromatic rings. The van der Waals surface area contributed by atoms with E-state index in [0.717, 1.165) is 37.9 Å². The van der Waals surface area contributed by atoms with Crippen molar-refractivity contribution in [3.63, 3.8) is 0 Å². The van der Waals surface area contributed by atoms with Crippen LogP contribution in [0.2, 0.25) is 0 Å². The van der Waals surface area contributed by atoms with Crippen LogP contribution in [0.15, 0.2) is 20.5 Å². The second-order valence-electron chi connectivity index (χ2n) is 10.0. The molecule has 0 aliphatic carbocycles. The molecule has 0 fully saturated rings. The molecule has 0 radical (unpaired) electrons. The van der Waals surface area contributed by atoms with Crippen LogP contribution in [0.3, 0.4) is 0 Å². The first-order chi connectivity index (χ1) is 14.5. The predicted molar refractivity (Wildman–Crippen MR) is 153 cm³/mol. The van der Waals surface area contributed by atoms with Gasteiger partial charge in [0.25, 0.3) is 23.3 Å². The SMILES string of the molecule is C.C.C.C.CC(C)(N=NC(C)(C)C(N)=[NH2+])C(N)=[NH2+].CC(C)(N=NC(C)(C)C1=[NH+]CCN1)C1=[NH+]CCN1. The molecular weight excluding hydrogens is 456 g/mol. The smallest absolute Gasteiger partial charge is 0.272 e. The minimum absolute atomic E-state index is 0. The van der Waals surface area contributed by atoms with Gasteiger partial charge in [0.2, 0.25) is 0 Å². The lowest BCUT2D eigenvalue weighted by atomic mass is 10.0. The van der Waals surface area contributed by atoms with E-state index in [-0.39, 0.29) is 52.5 Å². The topological polar surface area (TPSA) is 205 Å². The maximum Gasteiger partial charge on any atom is 0.272 e. The molecule has 2 aliphatic heterocycles. The monoisotopic (exact) mass is 517 g/mol. The normalized spacial score (nSPS) is 15.4. The van der Waals surface area contributed by atoms with Crippen LogP contribution in [-0.4, -0.2) is 71.7 Å². The molecule has 0 bridgehead atoms. The fourth-order valence-corrected chi connectivity index (χ4v) is 2.46. The number of amidine groups is 4. The van der Waals surface area contributed by atoms with Crippen molar-refractivity contribution in [3.8, 4) is 0 Å². The van der Waals surface area contributed by atoms with E-state index in [4.69, 9.17) is 22.3 Å². The van der Waals surface area contributed by atoms with Crippen LogP contribution in [0.5, 0.6) is 0 Å². The molecule has 2 aliphatic rings. The van der Waals surface area contributed by atoms with Gasteiger partial charge >= 0.3 is 0 Å². The molecule has 2 heterocycles. The molecule has 12 heteroatoms. The molecule has 0 spiro atoms. The molecule has 0 aromatic carbocycles. The van der Waals surface area contributed by atoms with Crippen molar-refractivity contribution in [2.75, 3.05) is 26.2 Å². The molecule has 0 saturated heterocycles. The number of nitrogens with two attached hydrogens (primary N) is 4. The Morgan fingerprint density at radius 3 is 1.11 bits per heavy atom. The lowest BCUT2D eigenvalue weighted by Crippen LogP contribution is -2.75. The Bertz CT molecular complexity index is 751. The first-order valence-corrected chi connectivity index (χ1v) is 10.9. The zero-order valence-electron chi connectivity index (χ0n) is 20.9. The van der Waals surface area contributed by atoms with Crippen molar-refractivity contribution in [2.45, 2.75) is 107 Å². The zero-order chi connectivity index (χ0) is 24.8. The van der Waals surface area contributed by atoms with Gasteiger partial charge in [0.1, 0.15) is 26.2 Å². The summed E-state index contributed by atoms with van der Waals surface area (Å²) < 4.78 is 0. The summed E-state index contributed by atoms with van der Waals surface area (Å²) in [5, 5.41) is 34.6. The number of rotatable bonds is 8. The summed E-state index contributed by atoms with van der Waals surface area (Å²) >= 11 is 0. The van der Waals surface area contributed by atoms with Gasteiger partial charge in [-0.15, -0.1) is 0 Å². The standard InChI is InChI=1S/C12H22N6.C8H18N6.4CH4/c1-11(2,9-13-5-6-14-9)17-18-12(3,4)10-15-7-8-16-10;1-7(2,5(9)10)13-14-8(3,4)6(11)12;;;;/h5-8H2,1-4H3,(H,13,14)(H,15,16);1-4H3,(H3,9,10)(H3,11,12);4*1H4/p+4. The number of azo groups is 2. The minimum atomic E-state index is -0.702. The summed E-state index contributed by atoms with van der Waals surface area (Å²) in [6.07, 6.45) is 0. The van der Waals surface area contributed by atoms with Gasteiger partial charge in [0.15, 0.2) is 22.2 Å². The summed E-state index contributed by atoms with van der Waals surface area (Å²) in [6.45, 7) is 19.1. The van der Waals surface area contributed by atoms with Crippen LogP contribution in [0.25, 0.3) is 0 Å². The highest BCUT2D eigenvalue weighted by Crippen LogP contribution is 2.16. The Balaban J connectivity index is -0.000000263. The van der Waals surface area contributed by atoms with Crippen molar-refractivity contribution in [1.82, 2.24) is 10.6 Å². The Morgan fingerprint density at radius 1 is 0.639 bits per heavy atom. The first-order valence-electron chi connectivity index (χ1n) is 10.9. The van der Waals surface area contributed by atoms with Crippen molar-refractivity contribution in [3.05, 3.63) is 0 Å². The minimum Gasteiger partial charge on any atom is -0.289 e. The largest absolute Gasteiger partial charge is 0.289 e. The summed E-state index contributed by atoms with van der Waals surface area (Å²) in [5.41, 5.74) is 8.84. The third-order valence-electron chi connectivity index (χ3n) is 5.19. The molecule has 12 nitrogen and oxygen atoms in total. The van der Waals surface area contributed by atoms with E-state index in [9.17, 15) is 0 Å². The number of hydrogen-bond donors (Lipinski definition) is 8. The van der Waals surface area contributed by atoms with Crippen LogP contribution < -0.4 is 42.9 Å². The van der Waals surface area contributed by atoms with E-state index >= 15 is 0 Å². The van der Waals surface area contributed by atoms with Crippen LogP contribution >= 0.6 is 0 Å². The van der Waals surface area contributed by atoms with E-state index in [1.807, 2.05) is 0 Å². The van der Waals surface area contributed by atoms with Gasteiger partial charge in [-0.25, -0.2) is 0 Å². The maximum absolute atomic E-state index is 5.45. The van der Waals surface area contributed by atoms with E-state index in [1.54, 1.807) is 27.7 Å². The highest BCUT2D eigenvalue weighted by molar-refractivity contribution is 5.88. The van der Waals surface area contributed by atoms with Crippen LogP contribution in [0.1, 0.15) is 85.1 Å². The summed E-state index contributed by atoms with van der Waals surface area (Å²) in [7, 11) is 0. The molecule has 12 N–H and O–H groups in total. The lowest BCUT2D eigenvalue weighted by molar-refractivity contribution is -0.448. The molecule has 212 valence electrons. The van der Waals surface area contributed by atoms with Gasteiger partial charge < -0.3 is 0 Å². The van der Waals surface area contributed by atoms with E-state index < -0.39 is 11.1 Å². The maximum atomic E-state index is 5.45. The van der Waals surface area contributed by atoms with Crippen molar-refractivity contribution in [1.29, 1.82) is 0 Å².